The first kappa shape index (κ1) is 14.5. The number of benzene rings is 1. The second-order valence-corrected chi connectivity index (χ2v) is 5.87. The normalized spacial score (nSPS) is 16.8. The SMILES string of the molecule is COC/C=C/COc1cccc2c1C(N)=NS(=O)(=O)C2. The van der Waals surface area contributed by atoms with Crippen LogP contribution in [-0.4, -0.2) is 34.6 Å². The minimum absolute atomic E-state index is 0.0253. The topological polar surface area (TPSA) is 91.0 Å². The van der Waals surface area contributed by atoms with Gasteiger partial charge in [0, 0.05) is 7.11 Å². The summed E-state index contributed by atoms with van der Waals surface area (Å²) in [4.78, 5) is 0. The van der Waals surface area contributed by atoms with Gasteiger partial charge in [-0.2, -0.15) is 0 Å². The molecule has 0 unspecified atom stereocenters. The van der Waals surface area contributed by atoms with Crippen LogP contribution in [0.15, 0.2) is 34.7 Å². The highest BCUT2D eigenvalue weighted by molar-refractivity contribution is 7.89. The lowest BCUT2D eigenvalue weighted by Gasteiger charge is -2.17. The minimum atomic E-state index is -3.52. The zero-order valence-electron chi connectivity index (χ0n) is 11.1. The molecular weight excluding hydrogens is 280 g/mol. The molecule has 1 heterocycles. The van der Waals surface area contributed by atoms with E-state index in [1.54, 1.807) is 25.3 Å². The molecule has 1 aliphatic rings. The second-order valence-electron chi connectivity index (χ2n) is 4.23. The Morgan fingerprint density at radius 1 is 1.35 bits per heavy atom. The van der Waals surface area contributed by atoms with Crippen molar-refractivity contribution < 1.29 is 17.9 Å². The molecule has 0 aromatic heterocycles. The Morgan fingerprint density at radius 2 is 2.10 bits per heavy atom. The van der Waals surface area contributed by atoms with Crippen molar-refractivity contribution in [2.75, 3.05) is 20.3 Å². The van der Waals surface area contributed by atoms with Crippen molar-refractivity contribution >= 4 is 15.9 Å². The number of fused-ring (bicyclic) bond motifs is 1. The highest BCUT2D eigenvalue weighted by atomic mass is 32.2. The fraction of sp³-hybridized carbons (Fsp3) is 0.308. The van der Waals surface area contributed by atoms with Gasteiger partial charge in [0.05, 0.1) is 17.9 Å². The number of rotatable bonds is 5. The van der Waals surface area contributed by atoms with Crippen LogP contribution in [0, 0.1) is 0 Å². The second kappa shape index (κ2) is 6.06. The zero-order valence-corrected chi connectivity index (χ0v) is 11.9. The fourth-order valence-electron chi connectivity index (χ4n) is 1.90. The van der Waals surface area contributed by atoms with Crippen molar-refractivity contribution in [3.05, 3.63) is 41.5 Å². The molecule has 6 nitrogen and oxygen atoms in total. The maximum Gasteiger partial charge on any atom is 0.259 e. The van der Waals surface area contributed by atoms with E-state index in [0.29, 0.717) is 30.1 Å². The summed E-state index contributed by atoms with van der Waals surface area (Å²) in [7, 11) is -1.91. The number of ether oxygens (including phenoxy) is 2. The van der Waals surface area contributed by atoms with Gasteiger partial charge in [0.25, 0.3) is 10.0 Å². The van der Waals surface area contributed by atoms with Crippen molar-refractivity contribution in [3.63, 3.8) is 0 Å². The van der Waals surface area contributed by atoms with Crippen LogP contribution in [0.2, 0.25) is 0 Å². The molecule has 1 aliphatic heterocycles. The van der Waals surface area contributed by atoms with E-state index in [4.69, 9.17) is 15.2 Å². The Labute approximate surface area is 118 Å². The zero-order chi connectivity index (χ0) is 14.6. The first-order valence-electron chi connectivity index (χ1n) is 6.00. The number of amidine groups is 1. The van der Waals surface area contributed by atoms with Crippen molar-refractivity contribution in [1.82, 2.24) is 0 Å². The number of methoxy groups -OCH3 is 1. The van der Waals surface area contributed by atoms with E-state index in [0.717, 1.165) is 0 Å². The number of nitrogens with two attached hydrogens (primary N) is 1. The van der Waals surface area contributed by atoms with E-state index >= 15 is 0 Å². The lowest BCUT2D eigenvalue weighted by molar-refractivity contribution is 0.233. The van der Waals surface area contributed by atoms with E-state index < -0.39 is 10.0 Å². The van der Waals surface area contributed by atoms with Gasteiger partial charge in [-0.3, -0.25) is 0 Å². The average molecular weight is 296 g/mol. The number of sulfonamides is 1. The van der Waals surface area contributed by atoms with Crippen molar-refractivity contribution in [3.8, 4) is 5.75 Å². The Morgan fingerprint density at radius 3 is 2.85 bits per heavy atom. The predicted octanol–water partition coefficient (Wildman–Crippen LogP) is 0.817. The number of hydrogen-bond acceptors (Lipinski definition) is 5. The third kappa shape index (κ3) is 3.37. The first-order chi connectivity index (χ1) is 9.53. The van der Waals surface area contributed by atoms with Gasteiger partial charge >= 0.3 is 0 Å². The third-order valence-corrected chi connectivity index (χ3v) is 3.86. The average Bonchev–Trinajstić information content (AvgIpc) is 2.36. The third-order valence-electron chi connectivity index (χ3n) is 2.71. The highest BCUT2D eigenvalue weighted by Gasteiger charge is 2.24. The summed E-state index contributed by atoms with van der Waals surface area (Å²) in [5.41, 5.74) is 6.89. The molecule has 0 bridgehead atoms. The molecule has 0 saturated carbocycles. The van der Waals surface area contributed by atoms with Crippen LogP contribution in [0.4, 0.5) is 0 Å². The highest BCUT2D eigenvalue weighted by Crippen LogP contribution is 2.27. The summed E-state index contributed by atoms with van der Waals surface area (Å²) in [6.07, 6.45) is 3.65. The number of hydrogen-bond donors (Lipinski definition) is 1. The molecule has 1 aromatic carbocycles. The van der Waals surface area contributed by atoms with Crippen molar-refractivity contribution in [2.24, 2.45) is 10.1 Å². The van der Waals surface area contributed by atoms with Gasteiger partial charge in [0.15, 0.2) is 0 Å². The van der Waals surface area contributed by atoms with Gasteiger partial charge in [-0.1, -0.05) is 18.2 Å². The quantitative estimate of drug-likeness (QED) is 0.812. The standard InChI is InChI=1S/C13H16N2O4S/c1-18-7-2-3-8-19-11-6-4-5-10-9-20(16,17)15-13(14)12(10)11/h2-6H,7-9H2,1H3,(H2,14,15)/b3-2+. The summed E-state index contributed by atoms with van der Waals surface area (Å²) in [6, 6.07) is 5.19. The molecule has 0 aliphatic carbocycles. The molecule has 0 fully saturated rings. The minimum Gasteiger partial charge on any atom is -0.489 e. The molecule has 0 amide bonds. The Kier molecular flexibility index (Phi) is 4.41. The largest absolute Gasteiger partial charge is 0.489 e. The molecule has 0 radical (unpaired) electrons. The van der Waals surface area contributed by atoms with Crippen molar-refractivity contribution in [2.45, 2.75) is 5.75 Å². The van der Waals surface area contributed by atoms with Gasteiger partial charge in [-0.25, -0.2) is 8.42 Å². The Balaban J connectivity index is 2.21. The van der Waals surface area contributed by atoms with Crippen LogP contribution < -0.4 is 10.5 Å². The molecule has 7 heteroatoms. The van der Waals surface area contributed by atoms with E-state index in [1.165, 1.54) is 0 Å². The van der Waals surface area contributed by atoms with E-state index in [-0.39, 0.29) is 11.6 Å². The smallest absolute Gasteiger partial charge is 0.259 e. The maximum absolute atomic E-state index is 11.5. The molecule has 0 atom stereocenters. The van der Waals surface area contributed by atoms with Crippen LogP contribution in [0.25, 0.3) is 0 Å². The summed E-state index contributed by atoms with van der Waals surface area (Å²) >= 11 is 0. The van der Waals surface area contributed by atoms with Crippen LogP contribution in [0.1, 0.15) is 11.1 Å². The van der Waals surface area contributed by atoms with Crippen LogP contribution >= 0.6 is 0 Å². The molecule has 2 rings (SSSR count). The molecular formula is C13H16N2O4S. The molecule has 0 spiro atoms. The molecule has 20 heavy (non-hydrogen) atoms. The lowest BCUT2D eigenvalue weighted by atomic mass is 10.1. The Hall–Kier alpha value is -1.86. The van der Waals surface area contributed by atoms with E-state index in [1.807, 2.05) is 12.2 Å². The van der Waals surface area contributed by atoms with Gasteiger partial charge in [-0.15, -0.1) is 4.40 Å². The molecule has 1 aromatic rings. The molecule has 2 N–H and O–H groups in total. The van der Waals surface area contributed by atoms with E-state index in [9.17, 15) is 8.42 Å². The first-order valence-corrected chi connectivity index (χ1v) is 7.61. The van der Waals surface area contributed by atoms with Crippen LogP contribution in [0.3, 0.4) is 0 Å². The van der Waals surface area contributed by atoms with Crippen LogP contribution in [-0.2, 0) is 20.5 Å². The van der Waals surface area contributed by atoms with Crippen LogP contribution in [0.5, 0.6) is 5.75 Å². The van der Waals surface area contributed by atoms with E-state index in [2.05, 4.69) is 4.40 Å². The monoisotopic (exact) mass is 296 g/mol. The van der Waals surface area contributed by atoms with Gasteiger partial charge in [0.2, 0.25) is 0 Å². The summed E-state index contributed by atoms with van der Waals surface area (Å²) in [5, 5.41) is 0. The summed E-state index contributed by atoms with van der Waals surface area (Å²) < 4.78 is 37.1. The maximum atomic E-state index is 11.5. The number of nitrogens with zero attached hydrogens (tertiary/aromatic N) is 1. The van der Waals surface area contributed by atoms with Crippen molar-refractivity contribution in [1.29, 1.82) is 0 Å². The predicted molar refractivity (Wildman–Crippen MR) is 76.3 cm³/mol. The summed E-state index contributed by atoms with van der Waals surface area (Å²) in [5.74, 6) is 0.350. The lowest BCUT2D eigenvalue weighted by Crippen LogP contribution is -2.24. The van der Waals surface area contributed by atoms with Gasteiger partial charge in [-0.05, 0) is 17.7 Å². The summed E-state index contributed by atoms with van der Waals surface area (Å²) in [6.45, 7) is 0.859. The van der Waals surface area contributed by atoms with Gasteiger partial charge < -0.3 is 15.2 Å². The Bertz CT molecular complexity index is 650. The van der Waals surface area contributed by atoms with Gasteiger partial charge in [0.1, 0.15) is 18.2 Å². The molecule has 0 saturated heterocycles. The molecule has 108 valence electrons. The fourth-order valence-corrected chi connectivity index (χ4v) is 2.99.